The van der Waals surface area contributed by atoms with Gasteiger partial charge in [-0.3, -0.25) is 9.59 Å². The van der Waals surface area contributed by atoms with Gasteiger partial charge in [0.1, 0.15) is 12.6 Å². The van der Waals surface area contributed by atoms with E-state index in [2.05, 4.69) is 26.0 Å². The molecular weight excluding hydrogens is 654 g/mol. The fourth-order valence-electron chi connectivity index (χ4n) is 6.48. The lowest BCUT2D eigenvalue weighted by Gasteiger charge is -2.34. The number of carbonyl (C=O) groups excluding carboxylic acids is 3. The molecule has 2 atom stereocenters. The fraction of sp³-hybridized carbons (Fsp3) is 0.886. The third-order valence-electron chi connectivity index (χ3n) is 9.90. The third kappa shape index (κ3) is 33.9. The van der Waals surface area contributed by atoms with E-state index in [-0.39, 0.29) is 42.7 Å². The van der Waals surface area contributed by atoms with E-state index in [1.807, 2.05) is 0 Å². The molecule has 0 amide bonds. The highest BCUT2D eigenvalue weighted by Gasteiger charge is 2.25. The summed E-state index contributed by atoms with van der Waals surface area (Å²) in [6.07, 6.45) is 36.6. The van der Waals surface area contributed by atoms with Gasteiger partial charge in [-0.1, -0.05) is 154 Å². The van der Waals surface area contributed by atoms with Crippen molar-refractivity contribution < 1.29 is 38.2 Å². The number of unbranched alkanes of at least 4 members (excludes halogenated alkanes) is 23. The molecule has 8 nitrogen and oxygen atoms in total. The van der Waals surface area contributed by atoms with Crippen LogP contribution in [0.5, 0.6) is 0 Å². The standard InChI is InChI=1S/C44H83NO7/c1-6-8-10-12-14-16-18-20-22-24-26-28-30-32-34-42(46)51-39-40(38-50-37-36-41(44(48)49)45(3,4)5)52-43(47)35-33-31-29-27-25-23-21-19-17-15-13-11-9-7-2/h22,24,40-41H,6-21,23,25-39H2,1-5H3/b24-22+. The second kappa shape index (κ2) is 36.1. The summed E-state index contributed by atoms with van der Waals surface area (Å²) >= 11 is 0. The molecule has 52 heavy (non-hydrogen) atoms. The average Bonchev–Trinajstić information content (AvgIpc) is 3.09. The molecule has 0 bridgehead atoms. The average molecular weight is 738 g/mol. The molecule has 0 aromatic carbocycles. The summed E-state index contributed by atoms with van der Waals surface area (Å²) in [7, 11) is 5.41. The number of carboxylic acid groups (broad SMARTS) is 1. The molecule has 0 saturated heterocycles. The predicted molar refractivity (Wildman–Crippen MR) is 213 cm³/mol. The van der Waals surface area contributed by atoms with Crippen LogP contribution in [0.2, 0.25) is 0 Å². The number of hydrogen-bond acceptors (Lipinski definition) is 7. The lowest BCUT2D eigenvalue weighted by atomic mass is 10.0. The van der Waals surface area contributed by atoms with Crippen LogP contribution >= 0.6 is 0 Å². The van der Waals surface area contributed by atoms with Crippen LogP contribution in [0.1, 0.15) is 200 Å². The van der Waals surface area contributed by atoms with E-state index in [4.69, 9.17) is 14.2 Å². The molecule has 0 saturated carbocycles. The Labute approximate surface area is 320 Å². The molecule has 0 aliphatic rings. The maximum Gasteiger partial charge on any atom is 0.306 e. The molecule has 2 unspecified atom stereocenters. The molecule has 0 aliphatic heterocycles. The summed E-state index contributed by atoms with van der Waals surface area (Å²) in [6.45, 7) is 4.66. The Morgan fingerprint density at radius 1 is 0.558 bits per heavy atom. The topological polar surface area (TPSA) is 102 Å². The van der Waals surface area contributed by atoms with Gasteiger partial charge in [0.25, 0.3) is 0 Å². The molecular formula is C44H83NO7. The van der Waals surface area contributed by atoms with Crippen LogP contribution in [0, 0.1) is 0 Å². The van der Waals surface area contributed by atoms with Gasteiger partial charge in [-0.2, -0.15) is 0 Å². The molecule has 0 spiro atoms. The van der Waals surface area contributed by atoms with E-state index >= 15 is 0 Å². The maximum absolute atomic E-state index is 12.7. The van der Waals surface area contributed by atoms with Gasteiger partial charge in [-0.15, -0.1) is 0 Å². The molecule has 0 aromatic rings. The van der Waals surface area contributed by atoms with Crippen molar-refractivity contribution in [2.24, 2.45) is 0 Å². The predicted octanol–water partition coefficient (Wildman–Crippen LogP) is 10.2. The van der Waals surface area contributed by atoms with Crippen LogP contribution in [0.3, 0.4) is 0 Å². The highest BCUT2D eigenvalue weighted by atomic mass is 16.6. The molecule has 8 heteroatoms. The first-order chi connectivity index (χ1) is 25.1. The first-order valence-electron chi connectivity index (χ1n) is 21.7. The van der Waals surface area contributed by atoms with Crippen molar-refractivity contribution in [3.63, 3.8) is 0 Å². The van der Waals surface area contributed by atoms with Crippen molar-refractivity contribution in [2.45, 2.75) is 212 Å². The summed E-state index contributed by atoms with van der Waals surface area (Å²) in [4.78, 5) is 36.8. The van der Waals surface area contributed by atoms with Gasteiger partial charge in [0.05, 0.1) is 40.3 Å². The Kier molecular flexibility index (Phi) is 34.7. The Balaban J connectivity index is 4.36. The quantitative estimate of drug-likeness (QED) is 0.0268. The number of carboxylic acids is 1. The van der Waals surface area contributed by atoms with Gasteiger partial charge in [0.2, 0.25) is 0 Å². The molecule has 0 aliphatic carbocycles. The van der Waals surface area contributed by atoms with Gasteiger partial charge in [-0.25, -0.2) is 0 Å². The highest BCUT2D eigenvalue weighted by Crippen LogP contribution is 2.15. The summed E-state index contributed by atoms with van der Waals surface area (Å²) in [5.74, 6) is -1.74. The number of esters is 2. The Morgan fingerprint density at radius 3 is 1.40 bits per heavy atom. The normalized spacial score (nSPS) is 13.0. The van der Waals surface area contributed by atoms with Gasteiger partial charge in [0.15, 0.2) is 6.10 Å². The van der Waals surface area contributed by atoms with Gasteiger partial charge < -0.3 is 28.6 Å². The SMILES string of the molecule is CCCCCCCCC/C=C/CCCCCC(=O)OCC(COCCC(C(=O)[O-])[N+](C)(C)C)OC(=O)CCCCCCCCCCCCCCCC. The van der Waals surface area contributed by atoms with Gasteiger partial charge in [0, 0.05) is 19.3 Å². The van der Waals surface area contributed by atoms with Gasteiger partial charge >= 0.3 is 11.9 Å². The molecule has 0 fully saturated rings. The molecule has 0 heterocycles. The van der Waals surface area contributed by atoms with Crippen molar-refractivity contribution in [1.29, 1.82) is 0 Å². The van der Waals surface area contributed by atoms with E-state index in [0.717, 1.165) is 51.4 Å². The number of carbonyl (C=O) groups is 3. The van der Waals surface area contributed by atoms with Crippen molar-refractivity contribution in [3.8, 4) is 0 Å². The first kappa shape index (κ1) is 50.1. The molecule has 306 valence electrons. The number of hydrogen-bond donors (Lipinski definition) is 0. The van der Waals surface area contributed by atoms with E-state index in [1.54, 1.807) is 21.1 Å². The van der Waals surface area contributed by atoms with Crippen LogP contribution < -0.4 is 5.11 Å². The Morgan fingerprint density at radius 2 is 0.962 bits per heavy atom. The lowest BCUT2D eigenvalue weighted by molar-refractivity contribution is -0.889. The summed E-state index contributed by atoms with van der Waals surface area (Å²) in [5.41, 5.74) is 0. The van der Waals surface area contributed by atoms with Crippen LogP contribution in [0.4, 0.5) is 0 Å². The zero-order valence-corrected chi connectivity index (χ0v) is 34.7. The minimum Gasteiger partial charge on any atom is -0.544 e. The van der Waals surface area contributed by atoms with Crippen molar-refractivity contribution in [2.75, 3.05) is 41.0 Å². The van der Waals surface area contributed by atoms with Gasteiger partial charge in [-0.05, 0) is 38.5 Å². The first-order valence-corrected chi connectivity index (χ1v) is 21.7. The Bertz CT molecular complexity index is 869. The lowest BCUT2D eigenvalue weighted by Crippen LogP contribution is -2.55. The highest BCUT2D eigenvalue weighted by molar-refractivity contribution is 5.70. The zero-order valence-electron chi connectivity index (χ0n) is 34.7. The minimum absolute atomic E-state index is 0.0415. The van der Waals surface area contributed by atoms with E-state index in [9.17, 15) is 19.5 Å². The number of allylic oxidation sites excluding steroid dienone is 2. The summed E-state index contributed by atoms with van der Waals surface area (Å²) in [5, 5.41) is 11.6. The van der Waals surface area contributed by atoms with E-state index in [1.165, 1.54) is 116 Å². The van der Waals surface area contributed by atoms with Crippen molar-refractivity contribution in [1.82, 2.24) is 0 Å². The van der Waals surface area contributed by atoms with Crippen LogP contribution in [0.15, 0.2) is 12.2 Å². The summed E-state index contributed by atoms with van der Waals surface area (Å²) < 4.78 is 17.1. The van der Waals surface area contributed by atoms with E-state index in [0.29, 0.717) is 12.8 Å². The molecule has 0 aromatic heterocycles. The maximum atomic E-state index is 12.7. The number of ether oxygens (including phenoxy) is 3. The third-order valence-corrected chi connectivity index (χ3v) is 9.90. The number of likely N-dealkylation sites (N-methyl/N-ethyl adjacent to an activating group) is 1. The molecule has 0 radical (unpaired) electrons. The van der Waals surface area contributed by atoms with Crippen molar-refractivity contribution >= 4 is 17.9 Å². The largest absolute Gasteiger partial charge is 0.544 e. The van der Waals surface area contributed by atoms with Crippen LogP contribution in [-0.2, 0) is 28.6 Å². The zero-order chi connectivity index (χ0) is 38.5. The molecule has 0 rings (SSSR count). The Hall–Kier alpha value is -1.93. The number of rotatable bonds is 39. The summed E-state index contributed by atoms with van der Waals surface area (Å²) in [6, 6.07) is -0.722. The monoisotopic (exact) mass is 738 g/mol. The minimum atomic E-state index is -1.12. The molecule has 0 N–H and O–H groups in total. The van der Waals surface area contributed by atoms with Crippen LogP contribution in [0.25, 0.3) is 0 Å². The second-order valence-corrected chi connectivity index (χ2v) is 15.9. The number of aliphatic carboxylic acids is 1. The fourth-order valence-corrected chi connectivity index (χ4v) is 6.48. The number of quaternary nitrogens is 1. The van der Waals surface area contributed by atoms with Crippen LogP contribution in [-0.4, -0.2) is 75.5 Å². The smallest absolute Gasteiger partial charge is 0.306 e. The van der Waals surface area contributed by atoms with Crippen molar-refractivity contribution in [3.05, 3.63) is 12.2 Å². The van der Waals surface area contributed by atoms with E-state index < -0.39 is 18.1 Å². The number of nitrogens with zero attached hydrogens (tertiary/aromatic N) is 1. The second-order valence-electron chi connectivity index (χ2n) is 15.9.